The second-order valence-electron chi connectivity index (χ2n) is 6.53. The Hall–Kier alpha value is -3.16. The average Bonchev–Trinajstić information content (AvgIpc) is 2.66. The van der Waals surface area contributed by atoms with E-state index in [4.69, 9.17) is 0 Å². The number of anilines is 2. The molecule has 1 aromatic carbocycles. The van der Waals surface area contributed by atoms with Gasteiger partial charge in [0.25, 0.3) is 0 Å². The van der Waals surface area contributed by atoms with Crippen LogP contribution in [0.4, 0.5) is 24.7 Å². The van der Waals surface area contributed by atoms with Gasteiger partial charge in [-0.15, -0.1) is 0 Å². The van der Waals surface area contributed by atoms with Crippen molar-refractivity contribution in [1.29, 1.82) is 0 Å². The molecule has 0 amide bonds. The number of benzene rings is 1. The van der Waals surface area contributed by atoms with Gasteiger partial charge in [0.15, 0.2) is 11.5 Å². The lowest BCUT2D eigenvalue weighted by Crippen LogP contribution is -2.13. The maximum absolute atomic E-state index is 13.3. The van der Waals surface area contributed by atoms with E-state index in [0.29, 0.717) is 6.54 Å². The summed E-state index contributed by atoms with van der Waals surface area (Å²) in [4.78, 5) is 13.9. The van der Waals surface area contributed by atoms with E-state index in [9.17, 15) is 13.2 Å². The minimum atomic E-state index is -4.58. The molecule has 3 rings (SSSR count). The number of nitrogens with one attached hydrogen (secondary N) is 1. The number of hydrogen-bond donors (Lipinski definition) is 1. The SMILES string of the molecule is Cc1cc(N(C)C)ccc1CNc1cc(C(F)(F)F)nc(-c2ccccn2)n1. The molecule has 2 heterocycles. The highest BCUT2D eigenvalue weighted by molar-refractivity contribution is 5.54. The van der Waals surface area contributed by atoms with Crippen molar-refractivity contribution < 1.29 is 13.2 Å². The Labute approximate surface area is 161 Å². The number of rotatable bonds is 5. The number of alkyl halides is 3. The van der Waals surface area contributed by atoms with Crippen molar-refractivity contribution in [3.05, 3.63) is 65.5 Å². The molecule has 0 radical (unpaired) electrons. The first kappa shape index (κ1) is 19.6. The smallest absolute Gasteiger partial charge is 0.378 e. The van der Waals surface area contributed by atoms with Crippen LogP contribution in [0.3, 0.4) is 0 Å². The van der Waals surface area contributed by atoms with Gasteiger partial charge in [-0.05, 0) is 42.3 Å². The second kappa shape index (κ2) is 7.84. The van der Waals surface area contributed by atoms with Crippen molar-refractivity contribution >= 4 is 11.5 Å². The van der Waals surface area contributed by atoms with E-state index in [-0.39, 0.29) is 17.3 Å². The van der Waals surface area contributed by atoms with Crippen molar-refractivity contribution in [2.75, 3.05) is 24.3 Å². The van der Waals surface area contributed by atoms with E-state index in [0.717, 1.165) is 22.9 Å². The zero-order chi connectivity index (χ0) is 20.3. The van der Waals surface area contributed by atoms with Gasteiger partial charge < -0.3 is 10.2 Å². The Kier molecular flexibility index (Phi) is 5.48. The van der Waals surface area contributed by atoms with Gasteiger partial charge in [0, 0.05) is 38.6 Å². The molecule has 0 spiro atoms. The molecular weight excluding hydrogens is 367 g/mol. The predicted molar refractivity (Wildman–Crippen MR) is 103 cm³/mol. The lowest BCUT2D eigenvalue weighted by Gasteiger charge is -2.16. The first-order chi connectivity index (χ1) is 13.2. The summed E-state index contributed by atoms with van der Waals surface area (Å²) in [6, 6.07) is 11.8. The molecule has 5 nitrogen and oxygen atoms in total. The summed E-state index contributed by atoms with van der Waals surface area (Å²) < 4.78 is 39.8. The molecule has 2 aromatic heterocycles. The van der Waals surface area contributed by atoms with Crippen LogP contribution < -0.4 is 10.2 Å². The third-order valence-electron chi connectivity index (χ3n) is 4.21. The lowest BCUT2D eigenvalue weighted by molar-refractivity contribution is -0.141. The second-order valence-corrected chi connectivity index (χ2v) is 6.53. The maximum Gasteiger partial charge on any atom is 0.433 e. The summed E-state index contributed by atoms with van der Waals surface area (Å²) in [6.07, 6.45) is -3.09. The fraction of sp³-hybridized carbons (Fsp3) is 0.250. The highest BCUT2D eigenvalue weighted by atomic mass is 19.4. The summed E-state index contributed by atoms with van der Waals surface area (Å²) in [5, 5.41) is 2.98. The van der Waals surface area contributed by atoms with Crippen LogP contribution in [0.15, 0.2) is 48.7 Å². The van der Waals surface area contributed by atoms with Gasteiger partial charge in [0.1, 0.15) is 11.5 Å². The van der Waals surface area contributed by atoms with Crippen LogP contribution in [0, 0.1) is 6.92 Å². The zero-order valence-electron chi connectivity index (χ0n) is 15.7. The topological polar surface area (TPSA) is 53.9 Å². The molecule has 0 atom stereocenters. The molecule has 28 heavy (non-hydrogen) atoms. The highest BCUT2D eigenvalue weighted by Gasteiger charge is 2.34. The van der Waals surface area contributed by atoms with Gasteiger partial charge in [0.2, 0.25) is 0 Å². The van der Waals surface area contributed by atoms with Crippen LogP contribution in [-0.4, -0.2) is 29.0 Å². The van der Waals surface area contributed by atoms with Crippen molar-refractivity contribution in [3.63, 3.8) is 0 Å². The molecule has 0 aliphatic carbocycles. The van der Waals surface area contributed by atoms with Crippen molar-refractivity contribution in [2.24, 2.45) is 0 Å². The quantitative estimate of drug-likeness (QED) is 0.696. The molecule has 0 saturated carbocycles. The minimum absolute atomic E-state index is 0.0717. The number of pyridine rings is 1. The van der Waals surface area contributed by atoms with Gasteiger partial charge >= 0.3 is 6.18 Å². The summed E-state index contributed by atoms with van der Waals surface area (Å²) >= 11 is 0. The van der Waals surface area contributed by atoms with Crippen LogP contribution in [-0.2, 0) is 12.7 Å². The Morgan fingerprint density at radius 2 is 1.82 bits per heavy atom. The average molecular weight is 387 g/mol. The molecule has 8 heteroatoms. The molecule has 146 valence electrons. The van der Waals surface area contributed by atoms with E-state index in [1.165, 1.54) is 6.20 Å². The minimum Gasteiger partial charge on any atom is -0.378 e. The lowest BCUT2D eigenvalue weighted by atomic mass is 10.1. The molecule has 0 aliphatic rings. The third-order valence-corrected chi connectivity index (χ3v) is 4.21. The predicted octanol–water partition coefficient (Wildman–Crippen LogP) is 4.54. The van der Waals surface area contributed by atoms with Crippen molar-refractivity contribution in [1.82, 2.24) is 15.0 Å². The normalized spacial score (nSPS) is 11.4. The first-order valence-corrected chi connectivity index (χ1v) is 8.62. The van der Waals surface area contributed by atoms with Crippen LogP contribution >= 0.6 is 0 Å². The van der Waals surface area contributed by atoms with E-state index in [1.54, 1.807) is 18.2 Å². The van der Waals surface area contributed by atoms with Gasteiger partial charge in [-0.3, -0.25) is 4.98 Å². The fourth-order valence-electron chi connectivity index (χ4n) is 2.63. The third kappa shape index (κ3) is 4.57. The highest BCUT2D eigenvalue weighted by Crippen LogP contribution is 2.30. The monoisotopic (exact) mass is 387 g/mol. The number of aromatic nitrogens is 3. The maximum atomic E-state index is 13.3. The Balaban J connectivity index is 1.89. The number of aryl methyl sites for hydroxylation is 1. The number of hydrogen-bond acceptors (Lipinski definition) is 5. The molecule has 0 unspecified atom stereocenters. The molecular formula is C20H20F3N5. The summed E-state index contributed by atoms with van der Waals surface area (Å²) in [6.45, 7) is 2.31. The Bertz CT molecular complexity index is 956. The molecule has 0 fully saturated rings. The summed E-state index contributed by atoms with van der Waals surface area (Å²) in [7, 11) is 3.90. The molecule has 1 N–H and O–H groups in total. The summed E-state index contributed by atoms with van der Waals surface area (Å²) in [5.74, 6) is 0.0247. The van der Waals surface area contributed by atoms with E-state index < -0.39 is 11.9 Å². The van der Waals surface area contributed by atoms with Crippen LogP contribution in [0.1, 0.15) is 16.8 Å². The van der Waals surface area contributed by atoms with Gasteiger partial charge in [-0.1, -0.05) is 12.1 Å². The summed E-state index contributed by atoms with van der Waals surface area (Å²) in [5.41, 5.74) is 2.33. The number of halogens is 3. The van der Waals surface area contributed by atoms with Crippen LogP contribution in [0.25, 0.3) is 11.5 Å². The Morgan fingerprint density at radius 3 is 2.43 bits per heavy atom. The zero-order valence-corrected chi connectivity index (χ0v) is 15.7. The van der Waals surface area contributed by atoms with Crippen molar-refractivity contribution in [3.8, 4) is 11.5 Å². The van der Waals surface area contributed by atoms with E-state index in [2.05, 4.69) is 20.3 Å². The Morgan fingerprint density at radius 1 is 1.04 bits per heavy atom. The van der Waals surface area contributed by atoms with Crippen molar-refractivity contribution in [2.45, 2.75) is 19.6 Å². The van der Waals surface area contributed by atoms with E-state index >= 15 is 0 Å². The number of nitrogens with zero attached hydrogens (tertiary/aromatic N) is 4. The molecule has 0 bridgehead atoms. The van der Waals surface area contributed by atoms with Gasteiger partial charge in [0.05, 0.1) is 0 Å². The molecule has 0 saturated heterocycles. The first-order valence-electron chi connectivity index (χ1n) is 8.62. The van der Waals surface area contributed by atoms with Crippen LogP contribution in [0.2, 0.25) is 0 Å². The van der Waals surface area contributed by atoms with Crippen LogP contribution in [0.5, 0.6) is 0 Å². The fourth-order valence-corrected chi connectivity index (χ4v) is 2.63. The van der Waals surface area contributed by atoms with E-state index in [1.807, 2.05) is 44.1 Å². The largest absolute Gasteiger partial charge is 0.433 e. The molecule has 0 aliphatic heterocycles. The van der Waals surface area contributed by atoms with Gasteiger partial charge in [-0.2, -0.15) is 13.2 Å². The molecule has 3 aromatic rings. The standard InChI is InChI=1S/C20H20F3N5/c1-13-10-15(28(2)3)8-7-14(13)12-25-18-11-17(20(21,22)23)26-19(27-18)16-6-4-5-9-24-16/h4-11H,12H2,1-3H3,(H,25,26,27). The van der Waals surface area contributed by atoms with Gasteiger partial charge in [-0.25, -0.2) is 9.97 Å².